The predicted octanol–water partition coefficient (Wildman–Crippen LogP) is 2.85. The maximum atomic E-state index is 12.4. The highest BCUT2D eigenvalue weighted by Crippen LogP contribution is 2.16. The van der Waals surface area contributed by atoms with Gasteiger partial charge >= 0.3 is 6.03 Å². The summed E-state index contributed by atoms with van der Waals surface area (Å²) in [5, 5.41) is 4.99. The van der Waals surface area contributed by atoms with Crippen molar-refractivity contribution in [3.8, 4) is 0 Å². The van der Waals surface area contributed by atoms with Gasteiger partial charge in [0.1, 0.15) is 17.7 Å². The molecule has 1 aromatic carbocycles. The fourth-order valence-corrected chi connectivity index (χ4v) is 1.80. The molecular weight excluding hydrogens is 354 g/mol. The van der Waals surface area contributed by atoms with Crippen LogP contribution in [0.4, 0.5) is 25.1 Å². The van der Waals surface area contributed by atoms with Crippen LogP contribution in [0.15, 0.2) is 53.7 Å². The number of urea groups is 1. The summed E-state index contributed by atoms with van der Waals surface area (Å²) in [5.41, 5.74) is 11.8. The van der Waals surface area contributed by atoms with Gasteiger partial charge in [0.15, 0.2) is 0 Å². The lowest BCUT2D eigenvalue weighted by atomic mass is 10.2. The minimum Gasteiger partial charge on any atom is -0.398 e. The molecule has 6 N–H and O–H groups in total. The van der Waals surface area contributed by atoms with Crippen molar-refractivity contribution in [3.05, 3.63) is 54.2 Å². The first kappa shape index (κ1) is 21.8. The number of alkyl halides is 2. The number of carbonyl (C=O) groups is 1. The number of nitrogens with two attached hydrogens (primary N) is 2. The largest absolute Gasteiger partial charge is 0.398 e. The van der Waals surface area contributed by atoms with E-state index in [9.17, 15) is 13.6 Å². The maximum Gasteiger partial charge on any atom is 0.320 e. The molecular formula is C18H24F2N6O. The molecule has 0 radical (unpaired) electrons. The normalized spacial score (nSPS) is 12.0. The van der Waals surface area contributed by atoms with Crippen molar-refractivity contribution < 1.29 is 13.6 Å². The molecule has 1 atom stereocenters. The summed E-state index contributed by atoms with van der Waals surface area (Å²) in [6.07, 6.45) is -1.34. The molecule has 0 saturated heterocycles. The van der Waals surface area contributed by atoms with E-state index in [0.717, 1.165) is 0 Å². The summed E-state index contributed by atoms with van der Waals surface area (Å²) in [5.74, 6) is 0.0919. The molecule has 27 heavy (non-hydrogen) atoms. The molecule has 9 heteroatoms. The van der Waals surface area contributed by atoms with Crippen LogP contribution >= 0.6 is 0 Å². The zero-order valence-corrected chi connectivity index (χ0v) is 15.2. The maximum absolute atomic E-state index is 12.4. The van der Waals surface area contributed by atoms with E-state index >= 15 is 0 Å². The van der Waals surface area contributed by atoms with Gasteiger partial charge in [-0.05, 0) is 13.8 Å². The first-order valence-electron chi connectivity index (χ1n) is 8.27. The number of aliphatic imine (C=N–C) groups is 1. The predicted molar refractivity (Wildman–Crippen MR) is 104 cm³/mol. The summed E-state index contributed by atoms with van der Waals surface area (Å²) < 4.78 is 24.8. The standard InChI is InChI=1S/C12H18F2N6O.C6H6/c1-3-17-12(21)20-9-4-8(15)7(5-18-9)11(16)19-6(2)10(13)14;1-2-4-6-5-3-1/h4-6,10H,3H2,1-2H3,(H2,16,19)(H4,15,17,18,20,21);1-6H. The molecule has 2 amide bonds. The number of nitrogens with zero attached hydrogens (tertiary/aromatic N) is 2. The molecule has 146 valence electrons. The Morgan fingerprint density at radius 3 is 2.22 bits per heavy atom. The second kappa shape index (κ2) is 11.4. The number of carbonyl (C=O) groups excluding carboxylic acids is 1. The number of amidine groups is 1. The van der Waals surface area contributed by atoms with Crippen molar-refractivity contribution in [2.75, 3.05) is 17.6 Å². The van der Waals surface area contributed by atoms with Gasteiger partial charge < -0.3 is 16.8 Å². The average molecular weight is 378 g/mol. The Morgan fingerprint density at radius 1 is 1.22 bits per heavy atom. The molecule has 0 fully saturated rings. The number of amides is 2. The number of aromatic nitrogens is 1. The van der Waals surface area contributed by atoms with Gasteiger partial charge in [0, 0.05) is 24.5 Å². The van der Waals surface area contributed by atoms with Crippen molar-refractivity contribution in [1.29, 1.82) is 0 Å². The molecule has 1 unspecified atom stereocenters. The van der Waals surface area contributed by atoms with Crippen LogP contribution in [0.2, 0.25) is 0 Å². The number of nitrogens with one attached hydrogen (secondary N) is 2. The molecule has 2 rings (SSSR count). The Kier molecular flexibility index (Phi) is 9.21. The van der Waals surface area contributed by atoms with Gasteiger partial charge in [0.25, 0.3) is 6.43 Å². The van der Waals surface area contributed by atoms with Crippen molar-refractivity contribution in [2.45, 2.75) is 26.3 Å². The van der Waals surface area contributed by atoms with Crippen molar-refractivity contribution in [2.24, 2.45) is 10.7 Å². The van der Waals surface area contributed by atoms with Crippen LogP contribution in [0.3, 0.4) is 0 Å². The summed E-state index contributed by atoms with van der Waals surface area (Å²) >= 11 is 0. The summed E-state index contributed by atoms with van der Waals surface area (Å²) in [6, 6.07) is 11.7. The van der Waals surface area contributed by atoms with Gasteiger partial charge in [0.2, 0.25) is 0 Å². The molecule has 0 saturated carbocycles. The average Bonchev–Trinajstić information content (AvgIpc) is 2.63. The lowest BCUT2D eigenvalue weighted by Gasteiger charge is -2.10. The molecule has 0 spiro atoms. The highest BCUT2D eigenvalue weighted by atomic mass is 19.3. The van der Waals surface area contributed by atoms with Crippen LogP contribution in [0.25, 0.3) is 0 Å². The Labute approximate surface area is 156 Å². The van der Waals surface area contributed by atoms with Crippen molar-refractivity contribution in [3.63, 3.8) is 0 Å². The van der Waals surface area contributed by atoms with E-state index in [2.05, 4.69) is 20.6 Å². The number of hydrogen-bond donors (Lipinski definition) is 4. The highest BCUT2D eigenvalue weighted by Gasteiger charge is 2.15. The van der Waals surface area contributed by atoms with Gasteiger partial charge in [-0.3, -0.25) is 10.3 Å². The molecule has 1 heterocycles. The topological polar surface area (TPSA) is 118 Å². The molecule has 1 aromatic heterocycles. The van der Waals surface area contributed by atoms with E-state index in [0.29, 0.717) is 6.54 Å². The SMILES string of the molecule is CCNC(=O)Nc1cc(N)c(C(N)=NC(C)C(F)F)cn1.c1ccccc1. The summed E-state index contributed by atoms with van der Waals surface area (Å²) in [4.78, 5) is 18.9. The van der Waals surface area contributed by atoms with E-state index in [1.165, 1.54) is 19.2 Å². The fraction of sp³-hybridized carbons (Fsp3) is 0.278. The minimum atomic E-state index is -2.61. The number of hydrogen-bond acceptors (Lipinski definition) is 4. The number of halogens is 2. The Bertz CT molecular complexity index is 713. The number of pyridine rings is 1. The Hall–Kier alpha value is -3.23. The van der Waals surface area contributed by atoms with Crippen LogP contribution in [-0.2, 0) is 0 Å². The summed E-state index contributed by atoms with van der Waals surface area (Å²) in [7, 11) is 0. The molecule has 2 aromatic rings. The first-order valence-corrected chi connectivity index (χ1v) is 8.27. The van der Waals surface area contributed by atoms with Crippen LogP contribution in [0.5, 0.6) is 0 Å². The Balaban J connectivity index is 0.000000511. The second-order valence-corrected chi connectivity index (χ2v) is 5.39. The van der Waals surface area contributed by atoms with Crippen molar-refractivity contribution >= 4 is 23.4 Å². The Morgan fingerprint density at radius 2 is 1.78 bits per heavy atom. The quantitative estimate of drug-likeness (QED) is 0.472. The summed E-state index contributed by atoms with van der Waals surface area (Å²) in [6.45, 7) is 3.47. The van der Waals surface area contributed by atoms with Gasteiger partial charge in [0.05, 0.1) is 5.56 Å². The van der Waals surface area contributed by atoms with Gasteiger partial charge in [-0.2, -0.15) is 0 Å². The highest BCUT2D eigenvalue weighted by molar-refractivity contribution is 6.02. The lowest BCUT2D eigenvalue weighted by molar-refractivity contribution is 0.124. The van der Waals surface area contributed by atoms with E-state index in [1.54, 1.807) is 6.92 Å². The zero-order chi connectivity index (χ0) is 20.2. The molecule has 0 aliphatic carbocycles. The number of anilines is 2. The molecule has 0 aliphatic heterocycles. The third kappa shape index (κ3) is 8.13. The molecule has 0 bridgehead atoms. The molecule has 0 aliphatic rings. The van der Waals surface area contributed by atoms with E-state index in [4.69, 9.17) is 11.5 Å². The fourth-order valence-electron chi connectivity index (χ4n) is 1.80. The third-order valence-electron chi connectivity index (χ3n) is 3.16. The smallest absolute Gasteiger partial charge is 0.320 e. The van der Waals surface area contributed by atoms with E-state index < -0.39 is 18.5 Å². The number of benzene rings is 1. The number of rotatable bonds is 5. The molecule has 7 nitrogen and oxygen atoms in total. The second-order valence-electron chi connectivity index (χ2n) is 5.39. The number of nitrogen functional groups attached to an aromatic ring is 1. The first-order chi connectivity index (χ1) is 12.8. The third-order valence-corrected chi connectivity index (χ3v) is 3.16. The van der Waals surface area contributed by atoms with Crippen LogP contribution < -0.4 is 22.1 Å². The lowest BCUT2D eigenvalue weighted by Crippen LogP contribution is -2.28. The van der Waals surface area contributed by atoms with Crippen LogP contribution in [0.1, 0.15) is 19.4 Å². The van der Waals surface area contributed by atoms with Gasteiger partial charge in [-0.25, -0.2) is 18.6 Å². The van der Waals surface area contributed by atoms with E-state index in [-0.39, 0.29) is 22.9 Å². The van der Waals surface area contributed by atoms with Crippen molar-refractivity contribution in [1.82, 2.24) is 10.3 Å². The van der Waals surface area contributed by atoms with Gasteiger partial charge in [-0.1, -0.05) is 36.4 Å². The van der Waals surface area contributed by atoms with Crippen LogP contribution in [-0.4, -0.2) is 35.9 Å². The van der Waals surface area contributed by atoms with Gasteiger partial charge in [-0.15, -0.1) is 0 Å². The minimum absolute atomic E-state index is 0.127. The monoisotopic (exact) mass is 378 g/mol. The van der Waals surface area contributed by atoms with Crippen LogP contribution in [0, 0.1) is 0 Å². The van der Waals surface area contributed by atoms with E-state index in [1.807, 2.05) is 36.4 Å². The zero-order valence-electron chi connectivity index (χ0n) is 15.2.